The van der Waals surface area contributed by atoms with E-state index in [4.69, 9.17) is 0 Å². The molecule has 0 heterocycles. The van der Waals surface area contributed by atoms with Crippen LogP contribution in [0.4, 0.5) is 11.4 Å². The molecule has 8 heteroatoms. The number of anilines is 1. The number of benzene rings is 1. The normalized spacial score (nSPS) is 17.0. The Balaban J connectivity index is 2.37. The SMILES string of the molecule is CNc1cccc(S(=O)(=O)NC(C)C2CCC2)c1[N+](=O)[O-]. The number of nitro groups is 1. The molecule has 1 saturated carbocycles. The lowest BCUT2D eigenvalue weighted by Gasteiger charge is -2.31. The molecular weight excluding hydrogens is 294 g/mol. The van der Waals surface area contributed by atoms with Crippen molar-refractivity contribution in [2.45, 2.75) is 37.1 Å². The second-order valence-corrected chi connectivity index (χ2v) is 6.94. The number of rotatable bonds is 6. The van der Waals surface area contributed by atoms with Crippen molar-refractivity contribution in [3.8, 4) is 0 Å². The van der Waals surface area contributed by atoms with Crippen molar-refractivity contribution in [1.29, 1.82) is 0 Å². The van der Waals surface area contributed by atoms with Gasteiger partial charge in [-0.15, -0.1) is 0 Å². The van der Waals surface area contributed by atoms with E-state index >= 15 is 0 Å². The Labute approximate surface area is 123 Å². The zero-order valence-corrected chi connectivity index (χ0v) is 12.8. The number of para-hydroxylation sites is 1. The average molecular weight is 313 g/mol. The molecule has 0 aromatic heterocycles. The van der Waals surface area contributed by atoms with Crippen LogP contribution in [0.3, 0.4) is 0 Å². The highest BCUT2D eigenvalue weighted by atomic mass is 32.2. The molecule has 1 aliphatic rings. The van der Waals surface area contributed by atoms with Crippen LogP contribution in [-0.2, 0) is 10.0 Å². The van der Waals surface area contributed by atoms with Crippen molar-refractivity contribution in [2.24, 2.45) is 5.92 Å². The lowest BCUT2D eigenvalue weighted by atomic mass is 9.81. The van der Waals surface area contributed by atoms with E-state index in [1.54, 1.807) is 6.92 Å². The maximum absolute atomic E-state index is 12.4. The predicted octanol–water partition coefficient (Wildman–Crippen LogP) is 2.10. The van der Waals surface area contributed by atoms with Gasteiger partial charge < -0.3 is 5.32 Å². The molecule has 0 aliphatic heterocycles. The number of hydrogen-bond donors (Lipinski definition) is 2. The number of nitrogens with zero attached hydrogens (tertiary/aromatic N) is 1. The summed E-state index contributed by atoms with van der Waals surface area (Å²) >= 11 is 0. The number of nitrogens with one attached hydrogen (secondary N) is 2. The molecule has 7 nitrogen and oxygen atoms in total. The van der Waals surface area contributed by atoms with Gasteiger partial charge in [-0.25, -0.2) is 13.1 Å². The Morgan fingerprint density at radius 3 is 2.52 bits per heavy atom. The first kappa shape index (κ1) is 15.7. The maximum Gasteiger partial charge on any atom is 0.312 e. The quantitative estimate of drug-likeness (QED) is 0.618. The molecule has 0 radical (unpaired) electrons. The third-order valence-corrected chi connectivity index (χ3v) is 5.53. The second-order valence-electron chi connectivity index (χ2n) is 5.26. The van der Waals surface area contributed by atoms with Gasteiger partial charge in [-0.05, 0) is 37.8 Å². The summed E-state index contributed by atoms with van der Waals surface area (Å²) in [7, 11) is -2.40. The molecule has 1 atom stereocenters. The summed E-state index contributed by atoms with van der Waals surface area (Å²) < 4.78 is 27.4. The first-order valence-corrected chi connectivity index (χ1v) is 8.32. The summed E-state index contributed by atoms with van der Waals surface area (Å²) in [4.78, 5) is 10.2. The topological polar surface area (TPSA) is 101 Å². The van der Waals surface area contributed by atoms with Crippen LogP contribution in [0.1, 0.15) is 26.2 Å². The Bertz CT molecular complexity index is 641. The van der Waals surface area contributed by atoms with Gasteiger partial charge in [0.2, 0.25) is 10.0 Å². The minimum Gasteiger partial charge on any atom is -0.383 e. The van der Waals surface area contributed by atoms with Crippen LogP contribution in [0.15, 0.2) is 23.1 Å². The molecule has 2 N–H and O–H groups in total. The first-order valence-electron chi connectivity index (χ1n) is 6.84. The molecule has 116 valence electrons. The summed E-state index contributed by atoms with van der Waals surface area (Å²) in [6.07, 6.45) is 3.08. The van der Waals surface area contributed by atoms with Crippen LogP contribution in [0.25, 0.3) is 0 Å². The van der Waals surface area contributed by atoms with Crippen molar-refractivity contribution in [3.05, 3.63) is 28.3 Å². The van der Waals surface area contributed by atoms with E-state index in [0.717, 1.165) is 19.3 Å². The van der Waals surface area contributed by atoms with Gasteiger partial charge >= 0.3 is 5.69 Å². The zero-order chi connectivity index (χ0) is 15.6. The Hall–Kier alpha value is -1.67. The Kier molecular flexibility index (Phi) is 4.48. The summed E-state index contributed by atoms with van der Waals surface area (Å²) in [6, 6.07) is 4.00. The first-order chi connectivity index (χ1) is 9.86. The summed E-state index contributed by atoms with van der Waals surface area (Å²) in [5.41, 5.74) is -0.243. The monoisotopic (exact) mass is 313 g/mol. The summed E-state index contributed by atoms with van der Waals surface area (Å²) in [6.45, 7) is 1.80. The molecule has 0 spiro atoms. The average Bonchev–Trinajstić information content (AvgIpc) is 2.34. The minimum atomic E-state index is -3.92. The van der Waals surface area contributed by atoms with Crippen LogP contribution >= 0.6 is 0 Å². The van der Waals surface area contributed by atoms with Crippen molar-refractivity contribution in [3.63, 3.8) is 0 Å². The minimum absolute atomic E-state index is 0.180. The van der Waals surface area contributed by atoms with E-state index in [1.165, 1.54) is 25.2 Å². The molecule has 0 saturated heterocycles. The number of hydrogen-bond acceptors (Lipinski definition) is 5. The van der Waals surface area contributed by atoms with E-state index < -0.39 is 20.6 Å². The molecule has 1 aromatic carbocycles. The highest BCUT2D eigenvalue weighted by Crippen LogP contribution is 2.33. The van der Waals surface area contributed by atoms with E-state index in [0.29, 0.717) is 5.92 Å². The fraction of sp³-hybridized carbons (Fsp3) is 0.538. The maximum atomic E-state index is 12.4. The van der Waals surface area contributed by atoms with E-state index in [9.17, 15) is 18.5 Å². The molecule has 1 aliphatic carbocycles. The molecular formula is C13H19N3O4S. The van der Waals surface area contributed by atoms with Gasteiger partial charge in [0.15, 0.2) is 4.90 Å². The molecule has 2 rings (SSSR count). The van der Waals surface area contributed by atoms with E-state index in [-0.39, 0.29) is 16.6 Å². The lowest BCUT2D eigenvalue weighted by molar-refractivity contribution is -0.386. The van der Waals surface area contributed by atoms with Crippen LogP contribution in [0.5, 0.6) is 0 Å². The second kappa shape index (κ2) is 5.98. The van der Waals surface area contributed by atoms with Crippen molar-refractivity contribution in [2.75, 3.05) is 12.4 Å². The van der Waals surface area contributed by atoms with Crippen molar-refractivity contribution < 1.29 is 13.3 Å². The van der Waals surface area contributed by atoms with Gasteiger partial charge in [-0.3, -0.25) is 10.1 Å². The third-order valence-electron chi connectivity index (χ3n) is 3.94. The smallest absolute Gasteiger partial charge is 0.312 e. The fourth-order valence-corrected chi connectivity index (χ4v) is 3.98. The highest BCUT2D eigenvalue weighted by Gasteiger charge is 2.32. The van der Waals surface area contributed by atoms with Gasteiger partial charge in [-0.1, -0.05) is 12.5 Å². The van der Waals surface area contributed by atoms with Crippen molar-refractivity contribution in [1.82, 2.24) is 4.72 Å². The van der Waals surface area contributed by atoms with Gasteiger partial charge in [-0.2, -0.15) is 0 Å². The van der Waals surface area contributed by atoms with Gasteiger partial charge in [0.25, 0.3) is 0 Å². The van der Waals surface area contributed by atoms with Crippen LogP contribution in [0.2, 0.25) is 0 Å². The van der Waals surface area contributed by atoms with Gasteiger partial charge in [0.05, 0.1) is 4.92 Å². The van der Waals surface area contributed by atoms with Crippen LogP contribution in [-0.4, -0.2) is 26.4 Å². The van der Waals surface area contributed by atoms with E-state index in [1.807, 2.05) is 0 Å². The lowest BCUT2D eigenvalue weighted by Crippen LogP contribution is -2.40. The fourth-order valence-electron chi connectivity index (χ4n) is 2.47. The highest BCUT2D eigenvalue weighted by molar-refractivity contribution is 7.89. The molecule has 1 unspecified atom stereocenters. The van der Waals surface area contributed by atoms with Gasteiger partial charge in [0.1, 0.15) is 5.69 Å². The molecule has 1 aromatic rings. The van der Waals surface area contributed by atoms with Crippen LogP contribution in [0, 0.1) is 16.0 Å². The van der Waals surface area contributed by atoms with Gasteiger partial charge in [0, 0.05) is 13.1 Å². The molecule has 0 amide bonds. The molecule has 21 heavy (non-hydrogen) atoms. The third kappa shape index (κ3) is 3.16. The zero-order valence-electron chi connectivity index (χ0n) is 12.0. The summed E-state index contributed by atoms with van der Waals surface area (Å²) in [5, 5.41) is 13.9. The Morgan fingerprint density at radius 2 is 2.05 bits per heavy atom. The number of sulfonamides is 1. The predicted molar refractivity (Wildman–Crippen MR) is 79.8 cm³/mol. The van der Waals surface area contributed by atoms with Crippen LogP contribution < -0.4 is 10.0 Å². The Morgan fingerprint density at radius 1 is 1.38 bits per heavy atom. The van der Waals surface area contributed by atoms with E-state index in [2.05, 4.69) is 10.0 Å². The largest absolute Gasteiger partial charge is 0.383 e. The molecule has 1 fully saturated rings. The van der Waals surface area contributed by atoms with Crippen molar-refractivity contribution >= 4 is 21.4 Å². The standard InChI is InChI=1S/C13H19N3O4S/c1-9(10-5-3-6-10)15-21(19,20)12-8-4-7-11(14-2)13(12)16(17)18/h4,7-10,14-15H,3,5-6H2,1-2H3. The number of nitro benzene ring substituents is 1. The summed E-state index contributed by atoms with van der Waals surface area (Å²) in [5.74, 6) is 0.311. The molecule has 0 bridgehead atoms.